The first kappa shape index (κ1) is 12.3. The molecule has 1 aromatic carbocycles. The first-order chi connectivity index (χ1) is 7.06. The van der Waals surface area contributed by atoms with Gasteiger partial charge in [0, 0.05) is 0 Å². The maximum Gasteiger partial charge on any atom is 0.328 e. The van der Waals surface area contributed by atoms with Crippen LogP contribution < -0.4 is 0 Å². The number of esters is 1. The molecule has 2 nitrogen and oxygen atoms in total. The van der Waals surface area contributed by atoms with E-state index in [0.29, 0.717) is 5.56 Å². The number of halogens is 3. The van der Waals surface area contributed by atoms with Crippen LogP contribution in [-0.2, 0) is 9.53 Å². The topological polar surface area (TPSA) is 26.3 Å². The van der Waals surface area contributed by atoms with Gasteiger partial charge in [-0.25, -0.2) is 4.39 Å². The minimum Gasteiger partial charge on any atom is -0.465 e. The first-order valence-electron chi connectivity index (χ1n) is 4.32. The van der Waals surface area contributed by atoms with Crippen LogP contribution in [0.15, 0.2) is 18.2 Å². The molecule has 82 valence electrons. The van der Waals surface area contributed by atoms with Crippen LogP contribution in [0.2, 0.25) is 5.02 Å². The van der Waals surface area contributed by atoms with E-state index in [4.69, 9.17) is 27.9 Å². The SMILES string of the molecule is CCOC(=O)C(Cl)c1ccc(Cl)c(F)c1. The van der Waals surface area contributed by atoms with Crippen LogP contribution in [0.1, 0.15) is 17.9 Å². The van der Waals surface area contributed by atoms with Gasteiger partial charge in [0.1, 0.15) is 5.82 Å². The van der Waals surface area contributed by atoms with Gasteiger partial charge in [0.2, 0.25) is 0 Å². The fraction of sp³-hybridized carbons (Fsp3) is 0.300. The third-order valence-electron chi connectivity index (χ3n) is 1.73. The molecule has 1 atom stereocenters. The summed E-state index contributed by atoms with van der Waals surface area (Å²) in [7, 11) is 0. The van der Waals surface area contributed by atoms with Gasteiger partial charge in [-0.15, -0.1) is 11.6 Å². The zero-order valence-electron chi connectivity index (χ0n) is 7.97. The minimum absolute atomic E-state index is 0.00789. The second-order valence-corrected chi connectivity index (χ2v) is 3.63. The van der Waals surface area contributed by atoms with E-state index < -0.39 is 17.2 Å². The fourth-order valence-corrected chi connectivity index (χ4v) is 1.34. The highest BCUT2D eigenvalue weighted by Gasteiger charge is 2.19. The van der Waals surface area contributed by atoms with E-state index >= 15 is 0 Å². The summed E-state index contributed by atoms with van der Waals surface area (Å²) >= 11 is 11.3. The van der Waals surface area contributed by atoms with Gasteiger partial charge in [0.05, 0.1) is 11.6 Å². The summed E-state index contributed by atoms with van der Waals surface area (Å²) in [6.07, 6.45) is 0. The predicted molar refractivity (Wildman–Crippen MR) is 56.6 cm³/mol. The highest BCUT2D eigenvalue weighted by Crippen LogP contribution is 2.25. The molecular formula is C10H9Cl2FO2. The summed E-state index contributed by atoms with van der Waals surface area (Å²) in [6, 6.07) is 3.96. The molecule has 0 N–H and O–H groups in total. The molecule has 1 unspecified atom stereocenters. The van der Waals surface area contributed by atoms with Crippen LogP contribution in [-0.4, -0.2) is 12.6 Å². The van der Waals surface area contributed by atoms with Gasteiger partial charge >= 0.3 is 5.97 Å². The lowest BCUT2D eigenvalue weighted by Crippen LogP contribution is -2.11. The Hall–Kier alpha value is -0.800. The third kappa shape index (κ3) is 3.08. The molecular weight excluding hydrogens is 242 g/mol. The summed E-state index contributed by atoms with van der Waals surface area (Å²) < 4.78 is 17.7. The molecule has 0 aliphatic rings. The Morgan fingerprint density at radius 2 is 2.27 bits per heavy atom. The number of hydrogen-bond donors (Lipinski definition) is 0. The van der Waals surface area contributed by atoms with Crippen molar-refractivity contribution in [1.82, 2.24) is 0 Å². The van der Waals surface area contributed by atoms with Crippen molar-refractivity contribution in [3.63, 3.8) is 0 Å². The first-order valence-corrected chi connectivity index (χ1v) is 5.13. The van der Waals surface area contributed by atoms with Gasteiger partial charge in [-0.3, -0.25) is 4.79 Å². The standard InChI is InChI=1S/C10H9Cl2FO2/c1-2-15-10(14)9(12)6-3-4-7(11)8(13)5-6/h3-5,9H,2H2,1H3. The summed E-state index contributed by atoms with van der Waals surface area (Å²) in [5, 5.41) is -1.01. The predicted octanol–water partition coefficient (Wildman–Crippen LogP) is 3.32. The molecule has 0 heterocycles. The largest absolute Gasteiger partial charge is 0.465 e. The molecule has 0 bridgehead atoms. The van der Waals surface area contributed by atoms with E-state index in [1.807, 2.05) is 0 Å². The molecule has 0 aromatic heterocycles. The molecule has 0 aliphatic carbocycles. The van der Waals surface area contributed by atoms with Crippen molar-refractivity contribution in [2.24, 2.45) is 0 Å². The number of carbonyl (C=O) groups excluding carboxylic acids is 1. The molecule has 1 rings (SSSR count). The van der Waals surface area contributed by atoms with E-state index in [0.717, 1.165) is 6.07 Å². The highest BCUT2D eigenvalue weighted by molar-refractivity contribution is 6.31. The minimum atomic E-state index is -1.00. The Bertz CT molecular complexity index is 368. The average Bonchev–Trinajstić information content (AvgIpc) is 2.21. The molecule has 0 fully saturated rings. The quantitative estimate of drug-likeness (QED) is 0.608. The second-order valence-electron chi connectivity index (χ2n) is 2.79. The molecule has 0 saturated carbocycles. The molecule has 0 radical (unpaired) electrons. The van der Waals surface area contributed by atoms with Gasteiger partial charge in [-0.2, -0.15) is 0 Å². The van der Waals surface area contributed by atoms with Crippen LogP contribution in [0, 0.1) is 5.82 Å². The van der Waals surface area contributed by atoms with E-state index in [1.54, 1.807) is 6.92 Å². The molecule has 0 amide bonds. The summed E-state index contributed by atoms with van der Waals surface area (Å²) in [5.41, 5.74) is 0.331. The molecule has 0 spiro atoms. The Balaban J connectivity index is 2.86. The molecule has 5 heteroatoms. The van der Waals surface area contributed by atoms with Gasteiger partial charge < -0.3 is 4.74 Å². The lowest BCUT2D eigenvalue weighted by Gasteiger charge is -2.09. The summed E-state index contributed by atoms with van der Waals surface area (Å²) in [6.45, 7) is 1.90. The number of ether oxygens (including phenoxy) is 1. The Kier molecular flexibility index (Phi) is 4.36. The van der Waals surface area contributed by atoms with Crippen molar-refractivity contribution in [1.29, 1.82) is 0 Å². The van der Waals surface area contributed by atoms with Crippen LogP contribution >= 0.6 is 23.2 Å². The van der Waals surface area contributed by atoms with Crippen LogP contribution in [0.5, 0.6) is 0 Å². The Morgan fingerprint density at radius 3 is 2.80 bits per heavy atom. The van der Waals surface area contributed by atoms with Crippen molar-refractivity contribution in [2.75, 3.05) is 6.61 Å². The molecule has 15 heavy (non-hydrogen) atoms. The summed E-state index contributed by atoms with van der Waals surface area (Å²) in [5.74, 6) is -1.20. The van der Waals surface area contributed by atoms with Crippen molar-refractivity contribution in [3.05, 3.63) is 34.6 Å². The average molecular weight is 251 g/mol. The Labute approximate surface area is 96.9 Å². The molecule has 0 saturated heterocycles. The smallest absolute Gasteiger partial charge is 0.328 e. The maximum atomic E-state index is 13.0. The van der Waals surface area contributed by atoms with Crippen molar-refractivity contribution in [2.45, 2.75) is 12.3 Å². The van der Waals surface area contributed by atoms with Crippen molar-refractivity contribution < 1.29 is 13.9 Å². The van der Waals surface area contributed by atoms with Crippen LogP contribution in [0.4, 0.5) is 4.39 Å². The third-order valence-corrected chi connectivity index (χ3v) is 2.47. The van der Waals surface area contributed by atoms with E-state index in [1.165, 1.54) is 12.1 Å². The number of benzene rings is 1. The normalized spacial score (nSPS) is 12.3. The van der Waals surface area contributed by atoms with Gasteiger partial charge in [-0.05, 0) is 24.6 Å². The highest BCUT2D eigenvalue weighted by atomic mass is 35.5. The number of alkyl halides is 1. The number of hydrogen-bond acceptors (Lipinski definition) is 2. The maximum absolute atomic E-state index is 13.0. The van der Waals surface area contributed by atoms with Crippen molar-refractivity contribution >= 4 is 29.2 Å². The Morgan fingerprint density at radius 1 is 1.60 bits per heavy atom. The second kappa shape index (κ2) is 5.33. The lowest BCUT2D eigenvalue weighted by atomic mass is 10.1. The lowest BCUT2D eigenvalue weighted by molar-refractivity contribution is -0.142. The number of rotatable bonds is 3. The molecule has 1 aromatic rings. The van der Waals surface area contributed by atoms with Crippen molar-refractivity contribution in [3.8, 4) is 0 Å². The zero-order valence-corrected chi connectivity index (χ0v) is 9.48. The van der Waals surface area contributed by atoms with E-state index in [2.05, 4.69) is 0 Å². The van der Waals surface area contributed by atoms with E-state index in [9.17, 15) is 9.18 Å². The number of carbonyl (C=O) groups is 1. The van der Waals surface area contributed by atoms with E-state index in [-0.39, 0.29) is 11.6 Å². The summed E-state index contributed by atoms with van der Waals surface area (Å²) in [4.78, 5) is 11.2. The zero-order chi connectivity index (χ0) is 11.4. The van der Waals surface area contributed by atoms with Gasteiger partial charge in [0.15, 0.2) is 5.38 Å². The van der Waals surface area contributed by atoms with Crippen LogP contribution in [0.25, 0.3) is 0 Å². The van der Waals surface area contributed by atoms with Gasteiger partial charge in [-0.1, -0.05) is 17.7 Å². The van der Waals surface area contributed by atoms with Gasteiger partial charge in [0.25, 0.3) is 0 Å². The fourth-order valence-electron chi connectivity index (χ4n) is 1.02. The van der Waals surface area contributed by atoms with Crippen LogP contribution in [0.3, 0.4) is 0 Å². The monoisotopic (exact) mass is 250 g/mol. The molecule has 0 aliphatic heterocycles.